The Morgan fingerprint density at radius 3 is 2.50 bits per heavy atom. The van der Waals surface area contributed by atoms with Gasteiger partial charge in [-0.2, -0.15) is 0 Å². The Bertz CT molecular complexity index is 216. The van der Waals surface area contributed by atoms with Crippen LogP contribution in [0.1, 0.15) is 5.76 Å². The molecule has 1 rings (SSSR count). The van der Waals surface area contributed by atoms with Crippen LogP contribution in [-0.2, 0) is 6.42 Å². The number of aliphatic hydroxyl groups is 1. The summed E-state index contributed by atoms with van der Waals surface area (Å²) >= 11 is 0. The Morgan fingerprint density at radius 1 is 1.40 bits per heavy atom. The molecular weight excluding hydrogens is 136 g/mol. The van der Waals surface area contributed by atoms with Gasteiger partial charge in [-0.25, -0.2) is 0 Å². The third-order valence-electron chi connectivity index (χ3n) is 1.16. The number of furan rings is 1. The number of hydrogen-bond donors (Lipinski definition) is 3. The first-order valence-electron chi connectivity index (χ1n) is 2.85. The summed E-state index contributed by atoms with van der Waals surface area (Å²) in [6.07, 6.45) is 1.24. The lowest BCUT2D eigenvalue weighted by Crippen LogP contribution is -1.87. The van der Waals surface area contributed by atoms with Crippen molar-refractivity contribution in [3.8, 4) is 11.5 Å². The molecule has 10 heavy (non-hydrogen) atoms. The quantitative estimate of drug-likeness (QED) is 0.555. The van der Waals surface area contributed by atoms with Crippen molar-refractivity contribution >= 4 is 0 Å². The largest absolute Gasteiger partial charge is 0.502 e. The van der Waals surface area contributed by atoms with Crippen LogP contribution < -0.4 is 0 Å². The molecule has 3 N–H and O–H groups in total. The van der Waals surface area contributed by atoms with E-state index in [1.54, 1.807) is 0 Å². The van der Waals surface area contributed by atoms with E-state index >= 15 is 0 Å². The molecule has 0 unspecified atom stereocenters. The standard InChI is InChI=1S/C6H8O4/c7-2-1-5-6(9)4(8)3-10-5/h3,7-9H,1-2H2. The third kappa shape index (κ3) is 1.06. The zero-order chi connectivity index (χ0) is 7.56. The van der Waals surface area contributed by atoms with Gasteiger partial charge in [0.1, 0.15) is 6.26 Å². The van der Waals surface area contributed by atoms with Gasteiger partial charge in [0.2, 0.25) is 0 Å². The van der Waals surface area contributed by atoms with Crippen LogP contribution in [0, 0.1) is 0 Å². The van der Waals surface area contributed by atoms with Crippen molar-refractivity contribution in [3.05, 3.63) is 12.0 Å². The predicted octanol–water partition coefficient (Wildman–Crippen LogP) is 0.226. The van der Waals surface area contributed by atoms with Crippen molar-refractivity contribution in [1.82, 2.24) is 0 Å². The smallest absolute Gasteiger partial charge is 0.200 e. The van der Waals surface area contributed by atoms with E-state index in [0.717, 1.165) is 6.26 Å². The molecule has 0 aliphatic carbocycles. The SMILES string of the molecule is OCCc1occ(O)c1O. The van der Waals surface area contributed by atoms with Crippen LogP contribution in [0.15, 0.2) is 10.7 Å². The highest BCUT2D eigenvalue weighted by Gasteiger charge is 2.09. The van der Waals surface area contributed by atoms with Crippen LogP contribution in [-0.4, -0.2) is 21.9 Å². The van der Waals surface area contributed by atoms with E-state index in [4.69, 9.17) is 15.3 Å². The predicted molar refractivity (Wildman–Crippen MR) is 32.8 cm³/mol. The second-order valence-corrected chi connectivity index (χ2v) is 1.87. The Kier molecular flexibility index (Phi) is 1.82. The summed E-state index contributed by atoms with van der Waals surface area (Å²) in [6.45, 7) is -0.111. The molecule has 0 spiro atoms. The van der Waals surface area contributed by atoms with Gasteiger partial charge in [-0.05, 0) is 0 Å². The molecule has 0 atom stereocenters. The maximum Gasteiger partial charge on any atom is 0.200 e. The molecule has 0 radical (unpaired) electrons. The fourth-order valence-corrected chi connectivity index (χ4v) is 0.660. The molecule has 56 valence electrons. The molecule has 0 aromatic carbocycles. The minimum Gasteiger partial charge on any atom is -0.502 e. The van der Waals surface area contributed by atoms with Crippen molar-refractivity contribution in [2.45, 2.75) is 6.42 Å². The van der Waals surface area contributed by atoms with Crippen LogP contribution in [0.2, 0.25) is 0 Å². The van der Waals surface area contributed by atoms with Gasteiger partial charge in [-0.15, -0.1) is 0 Å². The van der Waals surface area contributed by atoms with Gasteiger partial charge in [0.15, 0.2) is 17.3 Å². The molecule has 1 heterocycles. The van der Waals surface area contributed by atoms with Crippen LogP contribution in [0.25, 0.3) is 0 Å². The Labute approximate surface area is 57.3 Å². The highest BCUT2D eigenvalue weighted by atomic mass is 16.4. The third-order valence-corrected chi connectivity index (χ3v) is 1.16. The topological polar surface area (TPSA) is 73.8 Å². The first kappa shape index (κ1) is 6.95. The zero-order valence-electron chi connectivity index (χ0n) is 5.24. The molecule has 4 heteroatoms. The molecule has 4 nitrogen and oxygen atoms in total. The fraction of sp³-hybridized carbons (Fsp3) is 0.333. The summed E-state index contributed by atoms with van der Waals surface area (Å²) in [6, 6.07) is 0. The number of aliphatic hydroxyl groups excluding tert-OH is 1. The molecule has 1 aromatic rings. The number of rotatable bonds is 2. The maximum absolute atomic E-state index is 8.91. The Morgan fingerprint density at radius 2 is 2.10 bits per heavy atom. The lowest BCUT2D eigenvalue weighted by molar-refractivity contribution is 0.283. The van der Waals surface area contributed by atoms with Crippen molar-refractivity contribution < 1.29 is 19.7 Å². The summed E-state index contributed by atoms with van der Waals surface area (Å²) in [5.41, 5.74) is 0. The van der Waals surface area contributed by atoms with Gasteiger partial charge in [-0.3, -0.25) is 0 Å². The minimum absolute atomic E-state index is 0.111. The van der Waals surface area contributed by atoms with Crippen LogP contribution in [0.5, 0.6) is 11.5 Å². The second kappa shape index (κ2) is 2.62. The molecule has 0 amide bonds. The highest BCUT2D eigenvalue weighted by molar-refractivity contribution is 5.38. The maximum atomic E-state index is 8.91. The number of hydrogen-bond acceptors (Lipinski definition) is 4. The van der Waals surface area contributed by atoms with Gasteiger partial charge in [0.25, 0.3) is 0 Å². The van der Waals surface area contributed by atoms with Crippen LogP contribution >= 0.6 is 0 Å². The lowest BCUT2D eigenvalue weighted by atomic mass is 10.3. The first-order chi connectivity index (χ1) is 4.75. The average molecular weight is 144 g/mol. The summed E-state index contributed by atoms with van der Waals surface area (Å²) < 4.78 is 4.68. The van der Waals surface area contributed by atoms with E-state index < -0.39 is 0 Å². The number of aromatic hydroxyl groups is 2. The van der Waals surface area contributed by atoms with Crippen molar-refractivity contribution in [2.24, 2.45) is 0 Å². The summed E-state index contributed by atoms with van der Waals surface area (Å²) in [4.78, 5) is 0. The van der Waals surface area contributed by atoms with Gasteiger partial charge in [0, 0.05) is 6.42 Å². The highest BCUT2D eigenvalue weighted by Crippen LogP contribution is 2.30. The van der Waals surface area contributed by atoms with E-state index in [1.807, 2.05) is 0 Å². The molecule has 0 saturated carbocycles. The lowest BCUT2D eigenvalue weighted by Gasteiger charge is -1.90. The van der Waals surface area contributed by atoms with Gasteiger partial charge < -0.3 is 19.7 Å². The van der Waals surface area contributed by atoms with Gasteiger partial charge >= 0.3 is 0 Å². The van der Waals surface area contributed by atoms with Crippen molar-refractivity contribution in [3.63, 3.8) is 0 Å². The molecule has 0 saturated heterocycles. The van der Waals surface area contributed by atoms with Crippen LogP contribution in [0.3, 0.4) is 0 Å². The van der Waals surface area contributed by atoms with E-state index in [1.165, 1.54) is 0 Å². The van der Waals surface area contributed by atoms with Crippen molar-refractivity contribution in [1.29, 1.82) is 0 Å². The average Bonchev–Trinajstić information content (AvgIpc) is 2.20. The van der Waals surface area contributed by atoms with E-state index in [0.29, 0.717) is 0 Å². The van der Waals surface area contributed by atoms with E-state index in [2.05, 4.69) is 4.42 Å². The van der Waals surface area contributed by atoms with Gasteiger partial charge in [-0.1, -0.05) is 0 Å². The fourth-order valence-electron chi connectivity index (χ4n) is 0.660. The molecule has 0 fully saturated rings. The molecular formula is C6H8O4. The molecule has 0 aliphatic heterocycles. The normalized spacial score (nSPS) is 10.1. The van der Waals surface area contributed by atoms with E-state index in [9.17, 15) is 0 Å². The Hall–Kier alpha value is -1.16. The second-order valence-electron chi connectivity index (χ2n) is 1.87. The summed E-state index contributed by atoms with van der Waals surface area (Å²) in [5.74, 6) is -0.363. The summed E-state index contributed by atoms with van der Waals surface area (Å²) in [5, 5.41) is 26.1. The Balaban J connectivity index is 2.83. The first-order valence-corrected chi connectivity index (χ1v) is 2.85. The van der Waals surface area contributed by atoms with Gasteiger partial charge in [0.05, 0.1) is 6.61 Å². The van der Waals surface area contributed by atoms with Crippen LogP contribution in [0.4, 0.5) is 0 Å². The minimum atomic E-state index is -0.288. The van der Waals surface area contributed by atoms with E-state index in [-0.39, 0.29) is 30.3 Å². The molecule has 0 aliphatic rings. The monoisotopic (exact) mass is 144 g/mol. The van der Waals surface area contributed by atoms with Crippen molar-refractivity contribution in [2.75, 3.05) is 6.61 Å². The molecule has 0 bridgehead atoms. The summed E-state index contributed by atoms with van der Waals surface area (Å²) in [7, 11) is 0. The zero-order valence-corrected chi connectivity index (χ0v) is 5.24. The molecule has 1 aromatic heterocycles.